The minimum absolute atomic E-state index is 0.228. The lowest BCUT2D eigenvalue weighted by atomic mass is 10.2. The second-order valence-corrected chi connectivity index (χ2v) is 4.27. The summed E-state index contributed by atoms with van der Waals surface area (Å²) in [7, 11) is 0. The van der Waals surface area contributed by atoms with Crippen molar-refractivity contribution in [3.8, 4) is 0 Å². The van der Waals surface area contributed by atoms with Gasteiger partial charge in [-0.25, -0.2) is 4.39 Å². The van der Waals surface area contributed by atoms with Gasteiger partial charge in [0, 0.05) is 17.3 Å². The van der Waals surface area contributed by atoms with Gasteiger partial charge >= 0.3 is 0 Å². The lowest BCUT2D eigenvalue weighted by Crippen LogP contribution is -1.99. The number of halogens is 1. The molecule has 0 spiro atoms. The normalized spacial score (nSPS) is 10.9. The molecule has 0 amide bonds. The number of rotatable bonds is 2. The van der Waals surface area contributed by atoms with Gasteiger partial charge in [-0.2, -0.15) is 5.10 Å². The molecular formula is C14H12FN3. The molecule has 0 saturated carbocycles. The molecule has 1 aromatic heterocycles. The molecule has 0 bridgehead atoms. The molecule has 0 aliphatic heterocycles. The molecule has 0 aliphatic carbocycles. The van der Waals surface area contributed by atoms with Crippen LogP contribution in [-0.2, 0) is 6.54 Å². The van der Waals surface area contributed by atoms with Crippen molar-refractivity contribution in [1.29, 1.82) is 0 Å². The van der Waals surface area contributed by atoms with Gasteiger partial charge in [-0.05, 0) is 35.9 Å². The third kappa shape index (κ3) is 2.05. The van der Waals surface area contributed by atoms with Gasteiger partial charge in [0.1, 0.15) is 5.82 Å². The summed E-state index contributed by atoms with van der Waals surface area (Å²) in [6, 6.07) is 12.1. The molecule has 0 radical (unpaired) electrons. The van der Waals surface area contributed by atoms with Gasteiger partial charge in [-0.15, -0.1) is 0 Å². The Kier molecular flexibility index (Phi) is 2.48. The fraction of sp³-hybridized carbons (Fsp3) is 0.0714. The average Bonchev–Trinajstić information content (AvgIpc) is 2.70. The van der Waals surface area contributed by atoms with Gasteiger partial charge in [-0.3, -0.25) is 4.68 Å². The van der Waals surface area contributed by atoms with E-state index in [1.165, 1.54) is 12.1 Å². The van der Waals surface area contributed by atoms with Gasteiger partial charge < -0.3 is 5.73 Å². The van der Waals surface area contributed by atoms with E-state index in [1.807, 2.05) is 30.5 Å². The first-order chi connectivity index (χ1) is 8.70. The monoisotopic (exact) mass is 241 g/mol. The van der Waals surface area contributed by atoms with E-state index < -0.39 is 0 Å². The van der Waals surface area contributed by atoms with Crippen molar-refractivity contribution in [3.05, 3.63) is 60.0 Å². The standard InChI is InChI=1S/C14H12FN3/c15-12-3-1-2-10(6-12)8-18-9-11-7-13(16)4-5-14(11)17-18/h1-7,9H,8,16H2. The number of nitrogens with two attached hydrogens (primary N) is 1. The zero-order valence-electron chi connectivity index (χ0n) is 9.68. The van der Waals surface area contributed by atoms with Crippen molar-refractivity contribution in [2.45, 2.75) is 6.54 Å². The summed E-state index contributed by atoms with van der Waals surface area (Å²) in [5.41, 5.74) is 8.21. The predicted octanol–water partition coefficient (Wildman–Crippen LogP) is 2.81. The van der Waals surface area contributed by atoms with E-state index >= 15 is 0 Å². The summed E-state index contributed by atoms with van der Waals surface area (Å²) in [5.74, 6) is -0.228. The molecule has 2 aromatic carbocycles. The summed E-state index contributed by atoms with van der Waals surface area (Å²) >= 11 is 0. The number of hydrogen-bond donors (Lipinski definition) is 1. The summed E-state index contributed by atoms with van der Waals surface area (Å²) < 4.78 is 14.9. The van der Waals surface area contributed by atoms with Gasteiger partial charge in [0.05, 0.1) is 12.1 Å². The molecule has 4 heteroatoms. The van der Waals surface area contributed by atoms with Crippen molar-refractivity contribution in [1.82, 2.24) is 9.78 Å². The highest BCUT2D eigenvalue weighted by Gasteiger charge is 2.02. The lowest BCUT2D eigenvalue weighted by Gasteiger charge is -2.01. The van der Waals surface area contributed by atoms with E-state index in [-0.39, 0.29) is 5.82 Å². The van der Waals surface area contributed by atoms with Crippen LogP contribution in [0.2, 0.25) is 0 Å². The highest BCUT2D eigenvalue weighted by molar-refractivity contribution is 5.81. The van der Waals surface area contributed by atoms with Crippen LogP contribution in [0.3, 0.4) is 0 Å². The Balaban J connectivity index is 1.95. The zero-order valence-corrected chi connectivity index (χ0v) is 9.68. The van der Waals surface area contributed by atoms with E-state index in [0.29, 0.717) is 12.2 Å². The quantitative estimate of drug-likeness (QED) is 0.701. The first-order valence-electron chi connectivity index (χ1n) is 5.68. The number of fused-ring (bicyclic) bond motifs is 1. The van der Waals surface area contributed by atoms with Gasteiger partial charge in [-0.1, -0.05) is 12.1 Å². The molecule has 18 heavy (non-hydrogen) atoms. The Morgan fingerprint density at radius 3 is 2.89 bits per heavy atom. The molecular weight excluding hydrogens is 229 g/mol. The highest BCUT2D eigenvalue weighted by atomic mass is 19.1. The molecule has 1 heterocycles. The fourth-order valence-electron chi connectivity index (χ4n) is 2.00. The number of benzene rings is 2. The summed E-state index contributed by atoms with van der Waals surface area (Å²) in [4.78, 5) is 0. The average molecular weight is 241 g/mol. The first-order valence-corrected chi connectivity index (χ1v) is 5.68. The number of hydrogen-bond acceptors (Lipinski definition) is 2. The zero-order chi connectivity index (χ0) is 12.5. The van der Waals surface area contributed by atoms with Crippen molar-refractivity contribution in [2.24, 2.45) is 0 Å². The SMILES string of the molecule is Nc1ccc2nn(Cc3cccc(F)c3)cc2c1. The van der Waals surface area contributed by atoms with Crippen molar-refractivity contribution in [3.63, 3.8) is 0 Å². The van der Waals surface area contributed by atoms with Gasteiger partial charge in [0.2, 0.25) is 0 Å². The minimum Gasteiger partial charge on any atom is -0.399 e. The van der Waals surface area contributed by atoms with Crippen LogP contribution in [0.1, 0.15) is 5.56 Å². The molecule has 2 N–H and O–H groups in total. The Hall–Kier alpha value is -2.36. The van der Waals surface area contributed by atoms with Crippen LogP contribution >= 0.6 is 0 Å². The highest BCUT2D eigenvalue weighted by Crippen LogP contribution is 2.16. The lowest BCUT2D eigenvalue weighted by molar-refractivity contribution is 0.620. The molecule has 0 unspecified atom stereocenters. The molecule has 90 valence electrons. The number of nitrogen functional groups attached to an aromatic ring is 1. The van der Waals surface area contributed by atoms with Crippen molar-refractivity contribution in [2.75, 3.05) is 5.73 Å². The summed E-state index contributed by atoms with van der Waals surface area (Å²) in [6.45, 7) is 0.548. The summed E-state index contributed by atoms with van der Waals surface area (Å²) in [6.07, 6.45) is 1.91. The van der Waals surface area contributed by atoms with Crippen LogP contribution in [-0.4, -0.2) is 9.78 Å². The Morgan fingerprint density at radius 1 is 1.17 bits per heavy atom. The van der Waals surface area contributed by atoms with E-state index in [1.54, 1.807) is 10.7 Å². The molecule has 3 aromatic rings. The first kappa shape index (κ1) is 10.8. The van der Waals surface area contributed by atoms with Crippen LogP contribution in [0, 0.1) is 5.82 Å². The second kappa shape index (κ2) is 4.14. The molecule has 0 aliphatic rings. The molecule has 0 saturated heterocycles. The maximum Gasteiger partial charge on any atom is 0.123 e. The number of anilines is 1. The molecule has 3 rings (SSSR count). The van der Waals surface area contributed by atoms with E-state index in [4.69, 9.17) is 5.73 Å². The van der Waals surface area contributed by atoms with Crippen molar-refractivity contribution < 1.29 is 4.39 Å². The fourth-order valence-corrected chi connectivity index (χ4v) is 2.00. The number of aromatic nitrogens is 2. The molecule has 0 fully saturated rings. The maximum atomic E-state index is 13.1. The van der Waals surface area contributed by atoms with E-state index in [0.717, 1.165) is 16.5 Å². The third-order valence-electron chi connectivity index (χ3n) is 2.81. The van der Waals surface area contributed by atoms with E-state index in [2.05, 4.69) is 5.10 Å². The Bertz CT molecular complexity index is 703. The van der Waals surface area contributed by atoms with Crippen LogP contribution in [0.25, 0.3) is 10.9 Å². The second-order valence-electron chi connectivity index (χ2n) is 4.27. The Morgan fingerprint density at radius 2 is 2.06 bits per heavy atom. The predicted molar refractivity (Wildman–Crippen MR) is 69.6 cm³/mol. The molecule has 3 nitrogen and oxygen atoms in total. The van der Waals surface area contributed by atoms with Crippen LogP contribution in [0.5, 0.6) is 0 Å². The van der Waals surface area contributed by atoms with Crippen LogP contribution in [0.4, 0.5) is 10.1 Å². The largest absolute Gasteiger partial charge is 0.399 e. The van der Waals surface area contributed by atoms with Crippen LogP contribution < -0.4 is 5.73 Å². The van der Waals surface area contributed by atoms with E-state index in [9.17, 15) is 4.39 Å². The minimum atomic E-state index is -0.228. The smallest absolute Gasteiger partial charge is 0.123 e. The third-order valence-corrected chi connectivity index (χ3v) is 2.81. The van der Waals surface area contributed by atoms with Crippen LogP contribution in [0.15, 0.2) is 48.7 Å². The molecule has 0 atom stereocenters. The topological polar surface area (TPSA) is 43.8 Å². The summed E-state index contributed by atoms with van der Waals surface area (Å²) in [5, 5.41) is 5.41. The number of nitrogens with zero attached hydrogens (tertiary/aromatic N) is 2. The Labute approximate surface area is 104 Å². The van der Waals surface area contributed by atoms with Gasteiger partial charge in [0.15, 0.2) is 0 Å². The van der Waals surface area contributed by atoms with Gasteiger partial charge in [0.25, 0.3) is 0 Å². The van der Waals surface area contributed by atoms with Crippen molar-refractivity contribution >= 4 is 16.6 Å². The maximum absolute atomic E-state index is 13.1.